The van der Waals surface area contributed by atoms with E-state index in [1.54, 1.807) is 18.2 Å². The molecule has 0 bridgehead atoms. The van der Waals surface area contributed by atoms with E-state index in [1.807, 2.05) is 13.8 Å². The third kappa shape index (κ3) is 4.02. The molecule has 2 N–H and O–H groups in total. The van der Waals surface area contributed by atoms with Crippen LogP contribution < -0.4 is 20.1 Å². The standard InChI is InChI=1S/C19H20N4O5S/c1-10-11(2)29-18(20-10)22-16(24)6-4-13-17(25)23(19(26)21-13)8-12-3-5-14-15(7-12)28-9-27-14/h3,5,7,13H,4,6,8-9H2,1-2H3,(H,21,26)(H,20,22,24)/t13-/m1/s1. The van der Waals surface area contributed by atoms with Crippen molar-refractivity contribution in [3.63, 3.8) is 0 Å². The molecule has 10 heteroatoms. The summed E-state index contributed by atoms with van der Waals surface area (Å²) in [7, 11) is 0. The smallest absolute Gasteiger partial charge is 0.325 e. The molecule has 4 rings (SSSR count). The van der Waals surface area contributed by atoms with E-state index >= 15 is 0 Å². The van der Waals surface area contributed by atoms with Crippen LogP contribution in [0.5, 0.6) is 11.5 Å². The summed E-state index contributed by atoms with van der Waals surface area (Å²) in [5, 5.41) is 5.92. The summed E-state index contributed by atoms with van der Waals surface area (Å²) in [6.45, 7) is 4.10. The van der Waals surface area contributed by atoms with Crippen LogP contribution in [0.3, 0.4) is 0 Å². The quantitative estimate of drug-likeness (QED) is 0.700. The number of fused-ring (bicyclic) bond motifs is 1. The van der Waals surface area contributed by atoms with E-state index in [2.05, 4.69) is 15.6 Å². The zero-order valence-corrected chi connectivity index (χ0v) is 16.8. The number of carbonyl (C=O) groups excluding carboxylic acids is 3. The predicted octanol–water partition coefficient (Wildman–Crippen LogP) is 2.33. The molecular formula is C19H20N4O5S. The van der Waals surface area contributed by atoms with Crippen LogP contribution in [0.15, 0.2) is 18.2 Å². The zero-order chi connectivity index (χ0) is 20.5. The topological polar surface area (TPSA) is 110 Å². The Labute approximate surface area is 171 Å². The molecule has 1 aromatic carbocycles. The number of carbonyl (C=O) groups is 3. The Morgan fingerprint density at radius 1 is 1.31 bits per heavy atom. The van der Waals surface area contributed by atoms with Gasteiger partial charge in [0.1, 0.15) is 6.04 Å². The lowest BCUT2D eigenvalue weighted by Gasteiger charge is -2.13. The van der Waals surface area contributed by atoms with Crippen LogP contribution in [-0.4, -0.2) is 40.6 Å². The van der Waals surface area contributed by atoms with Crippen molar-refractivity contribution in [2.24, 2.45) is 0 Å². The number of hydrogen-bond acceptors (Lipinski definition) is 7. The molecule has 0 radical (unpaired) electrons. The second-order valence-corrected chi connectivity index (χ2v) is 8.06. The minimum Gasteiger partial charge on any atom is -0.454 e. The fourth-order valence-electron chi connectivity index (χ4n) is 3.13. The summed E-state index contributed by atoms with van der Waals surface area (Å²) >= 11 is 1.40. The Morgan fingerprint density at radius 2 is 2.10 bits per heavy atom. The molecule has 0 spiro atoms. The average molecular weight is 416 g/mol. The van der Waals surface area contributed by atoms with E-state index in [9.17, 15) is 14.4 Å². The van der Waals surface area contributed by atoms with Gasteiger partial charge in [-0.1, -0.05) is 6.07 Å². The number of nitrogens with zero attached hydrogens (tertiary/aromatic N) is 2. The Balaban J connectivity index is 1.32. The van der Waals surface area contributed by atoms with Crippen LogP contribution in [0.25, 0.3) is 0 Å². The van der Waals surface area contributed by atoms with E-state index in [1.165, 1.54) is 11.3 Å². The number of amides is 4. The first-order valence-electron chi connectivity index (χ1n) is 9.15. The first-order chi connectivity index (χ1) is 13.9. The number of nitrogens with one attached hydrogen (secondary N) is 2. The number of thiazole rings is 1. The molecule has 3 heterocycles. The molecule has 9 nitrogen and oxygen atoms in total. The van der Waals surface area contributed by atoms with Gasteiger partial charge in [0.2, 0.25) is 12.7 Å². The van der Waals surface area contributed by atoms with E-state index < -0.39 is 12.1 Å². The Bertz CT molecular complexity index is 969. The van der Waals surface area contributed by atoms with Crippen LogP contribution in [-0.2, 0) is 16.1 Å². The van der Waals surface area contributed by atoms with Crippen LogP contribution >= 0.6 is 11.3 Å². The predicted molar refractivity (Wildman–Crippen MR) is 105 cm³/mol. The molecule has 29 heavy (non-hydrogen) atoms. The average Bonchev–Trinajstić information content (AvgIpc) is 3.34. The molecule has 0 aliphatic carbocycles. The number of imide groups is 1. The third-order valence-electron chi connectivity index (χ3n) is 4.82. The van der Waals surface area contributed by atoms with E-state index in [4.69, 9.17) is 9.47 Å². The molecular weight excluding hydrogens is 396 g/mol. The van der Waals surface area contributed by atoms with Crippen molar-refractivity contribution in [2.45, 2.75) is 39.3 Å². The van der Waals surface area contributed by atoms with Gasteiger partial charge >= 0.3 is 6.03 Å². The molecule has 1 atom stereocenters. The van der Waals surface area contributed by atoms with Crippen molar-refractivity contribution >= 4 is 34.3 Å². The number of hydrogen-bond donors (Lipinski definition) is 2. The number of rotatable bonds is 6. The van der Waals surface area contributed by atoms with Gasteiger partial charge in [0.15, 0.2) is 16.6 Å². The van der Waals surface area contributed by atoms with Gasteiger partial charge in [-0.25, -0.2) is 9.78 Å². The normalized spacial score (nSPS) is 17.6. The Kier molecular flexibility index (Phi) is 5.10. The number of ether oxygens (including phenoxy) is 2. The van der Waals surface area contributed by atoms with Crippen molar-refractivity contribution in [3.05, 3.63) is 34.3 Å². The number of aryl methyl sites for hydroxylation is 2. The monoisotopic (exact) mass is 416 g/mol. The fourth-order valence-corrected chi connectivity index (χ4v) is 3.96. The summed E-state index contributed by atoms with van der Waals surface area (Å²) in [5.74, 6) is 0.646. The highest BCUT2D eigenvalue weighted by Crippen LogP contribution is 2.33. The van der Waals surface area contributed by atoms with Crippen LogP contribution in [0.1, 0.15) is 29.0 Å². The third-order valence-corrected chi connectivity index (χ3v) is 5.81. The molecule has 4 amide bonds. The first-order valence-corrected chi connectivity index (χ1v) is 9.96. The van der Waals surface area contributed by atoms with Gasteiger partial charge in [-0.3, -0.25) is 14.5 Å². The highest BCUT2D eigenvalue weighted by atomic mass is 32.1. The van der Waals surface area contributed by atoms with Crippen LogP contribution in [0, 0.1) is 13.8 Å². The summed E-state index contributed by atoms with van der Waals surface area (Å²) in [4.78, 5) is 43.5. The maximum atomic E-state index is 12.6. The molecule has 1 fully saturated rings. The maximum absolute atomic E-state index is 12.6. The van der Waals surface area contributed by atoms with Gasteiger partial charge < -0.3 is 20.1 Å². The van der Waals surface area contributed by atoms with Gasteiger partial charge in [-0.2, -0.15) is 0 Å². The van der Waals surface area contributed by atoms with Crippen molar-refractivity contribution in [3.8, 4) is 11.5 Å². The number of anilines is 1. The number of aromatic nitrogens is 1. The van der Waals surface area contributed by atoms with E-state index in [0.29, 0.717) is 16.6 Å². The molecule has 1 saturated heterocycles. The fraction of sp³-hybridized carbons (Fsp3) is 0.368. The summed E-state index contributed by atoms with van der Waals surface area (Å²) in [6, 6.07) is 4.10. The second-order valence-electron chi connectivity index (χ2n) is 6.86. The molecule has 1 aromatic heterocycles. The van der Waals surface area contributed by atoms with Gasteiger partial charge in [-0.05, 0) is 38.0 Å². The van der Waals surface area contributed by atoms with Gasteiger partial charge in [0.05, 0.1) is 12.2 Å². The minimum atomic E-state index is -0.720. The maximum Gasteiger partial charge on any atom is 0.325 e. The van der Waals surface area contributed by atoms with E-state index in [-0.39, 0.29) is 38.0 Å². The molecule has 2 aliphatic rings. The molecule has 152 valence electrons. The Morgan fingerprint density at radius 3 is 2.86 bits per heavy atom. The second kappa shape index (κ2) is 7.70. The minimum absolute atomic E-state index is 0.103. The lowest BCUT2D eigenvalue weighted by molar-refractivity contribution is -0.128. The molecule has 0 unspecified atom stereocenters. The summed E-state index contributed by atoms with van der Waals surface area (Å²) < 4.78 is 10.6. The lowest BCUT2D eigenvalue weighted by atomic mass is 10.1. The summed E-state index contributed by atoms with van der Waals surface area (Å²) in [6.07, 6.45) is 0.323. The lowest BCUT2D eigenvalue weighted by Crippen LogP contribution is -2.31. The van der Waals surface area contributed by atoms with Gasteiger partial charge in [-0.15, -0.1) is 11.3 Å². The molecule has 0 saturated carbocycles. The van der Waals surface area contributed by atoms with Crippen molar-refractivity contribution in [2.75, 3.05) is 12.1 Å². The largest absolute Gasteiger partial charge is 0.454 e. The van der Waals surface area contributed by atoms with Crippen molar-refractivity contribution in [1.29, 1.82) is 0 Å². The molecule has 2 aromatic rings. The zero-order valence-electron chi connectivity index (χ0n) is 16.0. The Hall–Kier alpha value is -3.14. The van der Waals surface area contributed by atoms with Gasteiger partial charge in [0.25, 0.3) is 5.91 Å². The van der Waals surface area contributed by atoms with Crippen LogP contribution in [0.2, 0.25) is 0 Å². The van der Waals surface area contributed by atoms with E-state index in [0.717, 1.165) is 21.0 Å². The molecule has 2 aliphatic heterocycles. The number of urea groups is 1. The van der Waals surface area contributed by atoms with Gasteiger partial charge in [0, 0.05) is 11.3 Å². The first kappa shape index (κ1) is 19.2. The highest BCUT2D eigenvalue weighted by Gasteiger charge is 2.38. The van der Waals surface area contributed by atoms with Crippen molar-refractivity contribution in [1.82, 2.24) is 15.2 Å². The SMILES string of the molecule is Cc1nc(NC(=O)CC[C@H]2NC(=O)N(Cc3ccc4c(c3)OCO4)C2=O)sc1C. The van der Waals surface area contributed by atoms with Crippen molar-refractivity contribution < 1.29 is 23.9 Å². The summed E-state index contributed by atoms with van der Waals surface area (Å²) in [5.41, 5.74) is 1.63. The van der Waals surface area contributed by atoms with Crippen LogP contribution in [0.4, 0.5) is 9.93 Å². The number of benzene rings is 1. The highest BCUT2D eigenvalue weighted by molar-refractivity contribution is 7.15.